The first-order valence-corrected chi connectivity index (χ1v) is 5.71. The van der Waals surface area contributed by atoms with Gasteiger partial charge < -0.3 is 5.32 Å². The molecular weight excluding hydrogens is 216 g/mol. The van der Waals surface area contributed by atoms with Gasteiger partial charge in [-0.15, -0.1) is 6.58 Å². The Balaban J connectivity index is 2.56. The maximum atomic E-state index is 10.8. The van der Waals surface area contributed by atoms with Crippen molar-refractivity contribution in [1.82, 2.24) is 5.32 Å². The van der Waals surface area contributed by atoms with Gasteiger partial charge >= 0.3 is 0 Å². The van der Waals surface area contributed by atoms with Crippen molar-refractivity contribution in [3.05, 3.63) is 52.6 Å². The summed E-state index contributed by atoms with van der Waals surface area (Å²) in [5.74, 6) is 0. The van der Waals surface area contributed by atoms with E-state index in [-0.39, 0.29) is 10.6 Å². The Labute approximate surface area is 101 Å². The summed E-state index contributed by atoms with van der Waals surface area (Å²) in [5.41, 5.74) is 0.902. The fraction of sp³-hybridized carbons (Fsp3) is 0.385. The third kappa shape index (κ3) is 4.36. The van der Waals surface area contributed by atoms with Crippen LogP contribution in [0.2, 0.25) is 0 Å². The Kier molecular flexibility index (Phi) is 5.36. The van der Waals surface area contributed by atoms with Crippen molar-refractivity contribution in [2.75, 3.05) is 0 Å². The number of nitro groups is 1. The number of allylic oxidation sites excluding steroid dienone is 1. The van der Waals surface area contributed by atoms with E-state index in [9.17, 15) is 10.1 Å². The molecule has 0 fully saturated rings. The summed E-state index contributed by atoms with van der Waals surface area (Å²) in [6.07, 6.45) is 3.82. The smallest absolute Gasteiger partial charge is 0.273 e. The zero-order valence-corrected chi connectivity index (χ0v) is 10.1. The quantitative estimate of drug-likeness (QED) is 0.448. The van der Waals surface area contributed by atoms with Crippen LogP contribution in [0.15, 0.2) is 36.9 Å². The first-order valence-electron chi connectivity index (χ1n) is 5.71. The normalized spacial score (nSPS) is 12.1. The lowest BCUT2D eigenvalue weighted by Gasteiger charge is -2.12. The van der Waals surface area contributed by atoms with E-state index >= 15 is 0 Å². The second kappa shape index (κ2) is 6.81. The number of hydrogen-bond donors (Lipinski definition) is 1. The summed E-state index contributed by atoms with van der Waals surface area (Å²) in [7, 11) is 0. The largest absolute Gasteiger partial charge is 0.310 e. The van der Waals surface area contributed by atoms with Gasteiger partial charge in [0, 0.05) is 24.2 Å². The first-order chi connectivity index (χ1) is 8.15. The molecule has 1 aromatic carbocycles. The molecule has 0 bridgehead atoms. The molecule has 4 nitrogen and oxygen atoms in total. The molecule has 0 aliphatic rings. The molecule has 1 atom stereocenters. The monoisotopic (exact) mass is 234 g/mol. The van der Waals surface area contributed by atoms with Crippen molar-refractivity contribution in [3.8, 4) is 0 Å². The molecule has 0 amide bonds. The number of hydrogen-bond acceptors (Lipinski definition) is 3. The number of para-hydroxylation sites is 1. The highest BCUT2D eigenvalue weighted by Gasteiger charge is 2.12. The van der Waals surface area contributed by atoms with Gasteiger partial charge in [0.2, 0.25) is 0 Å². The number of benzene rings is 1. The van der Waals surface area contributed by atoms with Gasteiger partial charge in [-0.05, 0) is 19.8 Å². The SMILES string of the molecule is C=CCCC(C)NCc1ccccc1[N+](=O)[O-]. The van der Waals surface area contributed by atoms with Crippen molar-refractivity contribution >= 4 is 5.69 Å². The molecule has 1 aromatic rings. The molecule has 1 N–H and O–H groups in total. The van der Waals surface area contributed by atoms with E-state index in [0.29, 0.717) is 12.6 Å². The minimum atomic E-state index is -0.342. The molecule has 92 valence electrons. The van der Waals surface area contributed by atoms with Crippen LogP contribution in [-0.4, -0.2) is 11.0 Å². The molecule has 0 saturated heterocycles. The third-order valence-electron chi connectivity index (χ3n) is 2.63. The van der Waals surface area contributed by atoms with Gasteiger partial charge in [0.25, 0.3) is 5.69 Å². The molecule has 17 heavy (non-hydrogen) atoms. The van der Waals surface area contributed by atoms with Gasteiger partial charge in [0.1, 0.15) is 0 Å². The highest BCUT2D eigenvalue weighted by molar-refractivity contribution is 5.39. The van der Waals surface area contributed by atoms with E-state index in [0.717, 1.165) is 18.4 Å². The van der Waals surface area contributed by atoms with Crippen molar-refractivity contribution in [2.24, 2.45) is 0 Å². The van der Waals surface area contributed by atoms with Gasteiger partial charge in [-0.2, -0.15) is 0 Å². The number of nitrogens with zero attached hydrogens (tertiary/aromatic N) is 1. The molecule has 0 saturated carbocycles. The van der Waals surface area contributed by atoms with Crippen molar-refractivity contribution in [2.45, 2.75) is 32.4 Å². The van der Waals surface area contributed by atoms with Crippen LogP contribution in [0.3, 0.4) is 0 Å². The summed E-state index contributed by atoms with van der Waals surface area (Å²) in [6, 6.07) is 7.14. The minimum absolute atomic E-state index is 0.177. The number of nitrogens with one attached hydrogen (secondary N) is 1. The average Bonchev–Trinajstić information content (AvgIpc) is 2.34. The minimum Gasteiger partial charge on any atom is -0.310 e. The van der Waals surface area contributed by atoms with E-state index < -0.39 is 0 Å². The lowest BCUT2D eigenvalue weighted by Crippen LogP contribution is -2.25. The fourth-order valence-electron chi connectivity index (χ4n) is 1.59. The average molecular weight is 234 g/mol. The maximum absolute atomic E-state index is 10.8. The molecular formula is C13H18N2O2. The number of rotatable bonds is 7. The standard InChI is InChI=1S/C13H18N2O2/c1-3-4-7-11(2)14-10-12-8-5-6-9-13(12)15(16)17/h3,5-6,8-9,11,14H,1,4,7,10H2,2H3. The Morgan fingerprint density at radius 2 is 2.24 bits per heavy atom. The summed E-state index contributed by atoms with van der Waals surface area (Å²) in [4.78, 5) is 10.5. The molecule has 1 unspecified atom stereocenters. The van der Waals surface area contributed by atoms with Gasteiger partial charge in [0.15, 0.2) is 0 Å². The summed E-state index contributed by atoms with van der Waals surface area (Å²) >= 11 is 0. The molecule has 0 spiro atoms. The van der Waals surface area contributed by atoms with Gasteiger partial charge in [-0.3, -0.25) is 10.1 Å². The van der Waals surface area contributed by atoms with Gasteiger partial charge in [0.05, 0.1) is 4.92 Å². The zero-order chi connectivity index (χ0) is 12.7. The van der Waals surface area contributed by atoms with Crippen molar-refractivity contribution in [3.63, 3.8) is 0 Å². The molecule has 0 heterocycles. The lowest BCUT2D eigenvalue weighted by atomic mass is 10.1. The fourth-order valence-corrected chi connectivity index (χ4v) is 1.59. The van der Waals surface area contributed by atoms with Crippen LogP contribution in [0.5, 0.6) is 0 Å². The topological polar surface area (TPSA) is 55.2 Å². The Hall–Kier alpha value is -1.68. The van der Waals surface area contributed by atoms with Crippen LogP contribution < -0.4 is 5.32 Å². The van der Waals surface area contributed by atoms with E-state index in [1.165, 1.54) is 6.07 Å². The number of nitro benzene ring substituents is 1. The molecule has 0 aliphatic carbocycles. The van der Waals surface area contributed by atoms with E-state index in [4.69, 9.17) is 0 Å². The molecule has 0 radical (unpaired) electrons. The predicted molar refractivity (Wildman–Crippen MR) is 68.8 cm³/mol. The highest BCUT2D eigenvalue weighted by Crippen LogP contribution is 2.17. The van der Waals surface area contributed by atoms with Crippen LogP contribution >= 0.6 is 0 Å². The van der Waals surface area contributed by atoms with E-state index in [1.54, 1.807) is 12.1 Å². The van der Waals surface area contributed by atoms with Crippen LogP contribution in [0, 0.1) is 10.1 Å². The Morgan fingerprint density at radius 1 is 1.53 bits per heavy atom. The lowest BCUT2D eigenvalue weighted by molar-refractivity contribution is -0.385. The van der Waals surface area contributed by atoms with Crippen LogP contribution in [0.1, 0.15) is 25.3 Å². The van der Waals surface area contributed by atoms with E-state index in [2.05, 4.69) is 18.8 Å². The second-order valence-electron chi connectivity index (χ2n) is 4.03. The van der Waals surface area contributed by atoms with Crippen molar-refractivity contribution in [1.29, 1.82) is 0 Å². The van der Waals surface area contributed by atoms with Gasteiger partial charge in [-0.25, -0.2) is 0 Å². The van der Waals surface area contributed by atoms with Crippen LogP contribution in [0.4, 0.5) is 5.69 Å². The first kappa shape index (κ1) is 13.4. The molecule has 0 aromatic heterocycles. The zero-order valence-electron chi connectivity index (χ0n) is 10.1. The predicted octanol–water partition coefficient (Wildman–Crippen LogP) is 3.04. The molecule has 4 heteroatoms. The van der Waals surface area contributed by atoms with Crippen LogP contribution in [0.25, 0.3) is 0 Å². The maximum Gasteiger partial charge on any atom is 0.273 e. The van der Waals surface area contributed by atoms with Crippen molar-refractivity contribution < 1.29 is 4.92 Å². The highest BCUT2D eigenvalue weighted by atomic mass is 16.6. The van der Waals surface area contributed by atoms with E-state index in [1.807, 2.05) is 12.1 Å². The summed E-state index contributed by atoms with van der Waals surface area (Å²) < 4.78 is 0. The second-order valence-corrected chi connectivity index (χ2v) is 4.03. The summed E-state index contributed by atoms with van der Waals surface area (Å²) in [5, 5.41) is 14.1. The Bertz CT molecular complexity index is 391. The van der Waals surface area contributed by atoms with Gasteiger partial charge in [-0.1, -0.05) is 24.3 Å². The third-order valence-corrected chi connectivity index (χ3v) is 2.63. The van der Waals surface area contributed by atoms with Crippen LogP contribution in [-0.2, 0) is 6.54 Å². The Morgan fingerprint density at radius 3 is 2.88 bits per heavy atom. The summed E-state index contributed by atoms with van der Waals surface area (Å²) in [6.45, 7) is 6.26. The molecule has 0 aliphatic heterocycles. The molecule has 1 rings (SSSR count).